The minimum Gasteiger partial charge on any atom is -0.480 e. The minimum absolute atomic E-state index is 0.0558. The lowest BCUT2D eigenvalue weighted by atomic mass is 10.0. The topological polar surface area (TPSA) is 81.2 Å². The molecule has 0 bridgehead atoms. The number of carboxylic acid groups (broad SMARTS) is 1. The van der Waals surface area contributed by atoms with E-state index < -0.39 is 27.7 Å². The Bertz CT molecular complexity index is 1630. The molecule has 1 saturated heterocycles. The molecule has 12 heteroatoms. The molecule has 0 aromatic heterocycles. The lowest BCUT2D eigenvalue weighted by Crippen LogP contribution is -2.61. The van der Waals surface area contributed by atoms with Crippen LogP contribution < -0.4 is 9.21 Å². The number of nitrogens with zero attached hydrogens (tertiary/aromatic N) is 3. The molecule has 1 N–H and O–H groups in total. The number of piperazine rings is 1. The van der Waals surface area contributed by atoms with Gasteiger partial charge in [0.05, 0.1) is 41.0 Å². The maximum atomic E-state index is 14.0. The molecule has 216 valence electrons. The first kappa shape index (κ1) is 29.0. The van der Waals surface area contributed by atoms with Crippen LogP contribution in [0.3, 0.4) is 0 Å². The maximum Gasteiger partial charge on any atom is 0.417 e. The first-order valence-electron chi connectivity index (χ1n) is 12.8. The number of hydrogen-bond acceptors (Lipinski definition) is 5. The quantitative estimate of drug-likeness (QED) is 0.367. The van der Waals surface area contributed by atoms with E-state index in [4.69, 9.17) is 11.6 Å². The van der Waals surface area contributed by atoms with Crippen molar-refractivity contribution in [2.75, 3.05) is 41.9 Å². The molecule has 3 aromatic rings. The summed E-state index contributed by atoms with van der Waals surface area (Å²) in [4.78, 5) is 15.3. The van der Waals surface area contributed by atoms with Crippen molar-refractivity contribution in [2.45, 2.75) is 24.0 Å². The zero-order valence-electron chi connectivity index (χ0n) is 22.0. The zero-order chi connectivity index (χ0) is 29.5. The van der Waals surface area contributed by atoms with E-state index in [-0.39, 0.29) is 34.6 Å². The fourth-order valence-corrected chi connectivity index (χ4v) is 7.22. The Morgan fingerprint density at radius 1 is 1.02 bits per heavy atom. The average molecular weight is 606 g/mol. The molecule has 0 unspecified atom stereocenters. The van der Waals surface area contributed by atoms with E-state index >= 15 is 0 Å². The van der Waals surface area contributed by atoms with Crippen LogP contribution >= 0.6 is 11.6 Å². The molecule has 5 rings (SSSR count). The predicted octanol–water partition coefficient (Wildman–Crippen LogP) is 5.62. The molecule has 0 spiro atoms. The molecule has 2 aliphatic heterocycles. The molecule has 1 atom stereocenters. The van der Waals surface area contributed by atoms with E-state index in [1.807, 2.05) is 0 Å². The molecular weight excluding hydrogens is 579 g/mol. The lowest BCUT2D eigenvalue weighted by molar-refractivity contribution is -0.139. The third kappa shape index (κ3) is 5.93. The Labute approximate surface area is 241 Å². The molecular formula is C29H27ClF3N3O4S. The second kappa shape index (κ2) is 11.0. The number of hydrogen-bond donors (Lipinski definition) is 1. The highest BCUT2D eigenvalue weighted by atomic mass is 35.5. The van der Waals surface area contributed by atoms with Crippen LogP contribution in [0.1, 0.15) is 22.3 Å². The SMILES string of the molecule is Cc1cccc(S(=O)(=O)N2C[C@H]3CN(CC(=O)O)CCN3c3ccc(/C=C/c4c(Cl)cccc4C(F)(F)F)cc32)c1. The summed E-state index contributed by atoms with van der Waals surface area (Å²) in [5.41, 5.74) is 1.25. The zero-order valence-corrected chi connectivity index (χ0v) is 23.5. The molecule has 1 fully saturated rings. The monoisotopic (exact) mass is 605 g/mol. The minimum atomic E-state index is -4.60. The van der Waals surface area contributed by atoms with Crippen molar-refractivity contribution in [1.29, 1.82) is 0 Å². The average Bonchev–Trinajstić information content (AvgIpc) is 2.90. The molecule has 3 aromatic carbocycles. The number of fused-ring (bicyclic) bond motifs is 3. The van der Waals surface area contributed by atoms with E-state index in [0.29, 0.717) is 36.6 Å². The van der Waals surface area contributed by atoms with Crippen molar-refractivity contribution in [3.8, 4) is 0 Å². The highest BCUT2D eigenvalue weighted by molar-refractivity contribution is 7.92. The lowest BCUT2D eigenvalue weighted by Gasteiger charge is -2.48. The summed E-state index contributed by atoms with van der Waals surface area (Å²) in [6.07, 6.45) is -1.84. The smallest absolute Gasteiger partial charge is 0.417 e. The number of carbonyl (C=O) groups is 1. The molecule has 0 radical (unpaired) electrons. The number of alkyl halides is 3. The Kier molecular flexibility index (Phi) is 7.80. The fraction of sp³-hybridized carbons (Fsp3) is 0.276. The van der Waals surface area contributed by atoms with E-state index in [1.54, 1.807) is 48.2 Å². The van der Waals surface area contributed by atoms with Gasteiger partial charge in [0, 0.05) is 30.2 Å². The number of halogens is 4. The summed E-state index contributed by atoms with van der Waals surface area (Å²) >= 11 is 6.11. The van der Waals surface area contributed by atoms with Crippen molar-refractivity contribution in [3.05, 3.63) is 87.9 Å². The van der Waals surface area contributed by atoms with Gasteiger partial charge in [-0.25, -0.2) is 8.42 Å². The van der Waals surface area contributed by atoms with Gasteiger partial charge in [0.15, 0.2) is 0 Å². The van der Waals surface area contributed by atoms with Crippen molar-refractivity contribution in [1.82, 2.24) is 4.90 Å². The Morgan fingerprint density at radius 3 is 2.49 bits per heavy atom. The normalized spacial score (nSPS) is 17.9. The number of carboxylic acids is 1. The van der Waals surface area contributed by atoms with Crippen molar-refractivity contribution in [2.24, 2.45) is 0 Å². The first-order chi connectivity index (χ1) is 19.3. The van der Waals surface area contributed by atoms with E-state index in [0.717, 1.165) is 11.6 Å². The van der Waals surface area contributed by atoms with Crippen molar-refractivity contribution >= 4 is 51.1 Å². The van der Waals surface area contributed by atoms with Crippen LogP contribution in [-0.2, 0) is 21.0 Å². The maximum absolute atomic E-state index is 14.0. The number of aliphatic carboxylic acids is 1. The van der Waals surface area contributed by atoms with Gasteiger partial charge in [0.25, 0.3) is 10.0 Å². The number of sulfonamides is 1. The highest BCUT2D eigenvalue weighted by Crippen LogP contribution is 2.41. The summed E-state index contributed by atoms with van der Waals surface area (Å²) in [5.74, 6) is -0.956. The van der Waals surface area contributed by atoms with Gasteiger partial charge in [0.2, 0.25) is 0 Å². The summed E-state index contributed by atoms with van der Waals surface area (Å²) in [7, 11) is -4.03. The molecule has 2 heterocycles. The van der Waals surface area contributed by atoms with E-state index in [2.05, 4.69) is 4.90 Å². The summed E-state index contributed by atoms with van der Waals surface area (Å²) in [6, 6.07) is 14.9. The molecule has 2 aliphatic rings. The fourth-order valence-electron chi connectivity index (χ4n) is 5.37. The Hall–Kier alpha value is -3.54. The van der Waals surface area contributed by atoms with Crippen LogP contribution in [0.5, 0.6) is 0 Å². The van der Waals surface area contributed by atoms with Gasteiger partial charge in [0.1, 0.15) is 0 Å². The van der Waals surface area contributed by atoms with E-state index in [9.17, 15) is 31.5 Å². The second-order valence-electron chi connectivity index (χ2n) is 10.1. The van der Waals surface area contributed by atoms with Gasteiger partial charge in [-0.1, -0.05) is 48.0 Å². The van der Waals surface area contributed by atoms with Crippen LogP contribution in [0.4, 0.5) is 24.5 Å². The molecule has 0 aliphatic carbocycles. The van der Waals surface area contributed by atoms with Gasteiger partial charge in [-0.3, -0.25) is 14.0 Å². The molecule has 0 saturated carbocycles. The molecule has 41 heavy (non-hydrogen) atoms. The summed E-state index contributed by atoms with van der Waals surface area (Å²) < 4.78 is 70.0. The molecule has 0 amide bonds. The highest BCUT2D eigenvalue weighted by Gasteiger charge is 2.40. The third-order valence-corrected chi connectivity index (χ3v) is 9.36. The first-order valence-corrected chi connectivity index (χ1v) is 14.6. The van der Waals surface area contributed by atoms with Gasteiger partial charge in [-0.2, -0.15) is 13.2 Å². The summed E-state index contributed by atoms with van der Waals surface area (Å²) in [6.45, 7) is 3.07. The van der Waals surface area contributed by atoms with Crippen LogP contribution in [0, 0.1) is 6.92 Å². The number of anilines is 2. The second-order valence-corrected chi connectivity index (χ2v) is 12.4. The number of benzene rings is 3. The van der Waals surface area contributed by atoms with Crippen LogP contribution in [0.15, 0.2) is 65.6 Å². The van der Waals surface area contributed by atoms with Crippen molar-refractivity contribution in [3.63, 3.8) is 0 Å². The third-order valence-electron chi connectivity index (χ3n) is 7.26. The summed E-state index contributed by atoms with van der Waals surface area (Å²) in [5, 5.41) is 9.22. The largest absolute Gasteiger partial charge is 0.480 e. The van der Waals surface area contributed by atoms with Gasteiger partial charge in [-0.15, -0.1) is 0 Å². The van der Waals surface area contributed by atoms with Crippen LogP contribution in [0.2, 0.25) is 5.02 Å². The standard InChI is InChI=1S/C29H27ClF3N3O4S/c1-19-4-2-5-22(14-19)41(39,40)36-17-21-16-34(18-28(37)38)12-13-35(21)26-11-9-20(15-27(26)36)8-10-23-24(29(31,32)33)6-3-7-25(23)30/h2-11,14-15,21H,12-13,16-18H2,1H3,(H,37,38)/b10-8+/t21-/m1/s1. The number of aryl methyl sites for hydroxylation is 1. The Balaban J connectivity index is 1.58. The predicted molar refractivity (Wildman–Crippen MR) is 153 cm³/mol. The van der Waals surface area contributed by atoms with Gasteiger partial charge in [-0.05, 0) is 54.4 Å². The number of rotatable bonds is 6. The van der Waals surface area contributed by atoms with Gasteiger partial charge < -0.3 is 10.0 Å². The van der Waals surface area contributed by atoms with Crippen molar-refractivity contribution < 1.29 is 31.5 Å². The van der Waals surface area contributed by atoms with Gasteiger partial charge >= 0.3 is 12.1 Å². The Morgan fingerprint density at radius 2 is 1.78 bits per heavy atom. The molecule has 7 nitrogen and oxygen atoms in total. The van der Waals surface area contributed by atoms with E-state index in [1.165, 1.54) is 34.7 Å². The van der Waals surface area contributed by atoms with Crippen LogP contribution in [-0.4, -0.2) is 63.2 Å². The van der Waals surface area contributed by atoms with Crippen LogP contribution in [0.25, 0.3) is 12.2 Å².